The zero-order valence-corrected chi connectivity index (χ0v) is 28.5. The molecule has 2 heterocycles. The minimum atomic E-state index is 0.655. The summed E-state index contributed by atoms with van der Waals surface area (Å²) in [5, 5.41) is 0. The molecule has 0 unspecified atom stereocenters. The molecule has 0 amide bonds. The lowest BCUT2D eigenvalue weighted by Crippen LogP contribution is -2.04. The topological polar surface area (TPSA) is 43.6 Å². The van der Waals surface area contributed by atoms with Gasteiger partial charge < -0.3 is 4.57 Å². The third kappa shape index (κ3) is 5.66. The molecule has 2 aromatic heterocycles. The third-order valence-corrected chi connectivity index (χ3v) is 9.65. The van der Waals surface area contributed by atoms with Crippen LogP contribution in [0.25, 0.3) is 78.1 Å². The second kappa shape index (κ2) is 13.8. The first-order chi connectivity index (χ1) is 25.8. The van der Waals surface area contributed by atoms with E-state index in [4.69, 9.17) is 15.0 Å². The first-order valence-corrected chi connectivity index (χ1v) is 17.6. The van der Waals surface area contributed by atoms with E-state index in [0.29, 0.717) is 6.54 Å². The molecule has 0 spiro atoms. The van der Waals surface area contributed by atoms with Crippen LogP contribution >= 0.6 is 0 Å². The van der Waals surface area contributed by atoms with Crippen molar-refractivity contribution in [1.82, 2.24) is 19.5 Å². The summed E-state index contributed by atoms with van der Waals surface area (Å²) in [5.41, 5.74) is 15.8. The Morgan fingerprint density at radius 1 is 0.346 bits per heavy atom. The maximum Gasteiger partial charge on any atom is 0.164 e. The molecule has 4 heteroatoms. The Kier molecular flexibility index (Phi) is 8.24. The zero-order chi connectivity index (χ0) is 34.7. The van der Waals surface area contributed by atoms with Crippen molar-refractivity contribution >= 4 is 11.2 Å². The SMILES string of the molecule is c1ccc(Cn2cnc3c(-c4c(-c5ccccc5)c(-c5ccccc5)c(-c5ccccc5)c(-c5ccccc5)c4-c4ccccc4)ncnc32)cc1. The highest BCUT2D eigenvalue weighted by molar-refractivity contribution is 6.16. The predicted molar refractivity (Wildman–Crippen MR) is 213 cm³/mol. The van der Waals surface area contributed by atoms with Gasteiger partial charge in [-0.05, 0) is 50.1 Å². The molecule has 0 radical (unpaired) electrons. The third-order valence-electron chi connectivity index (χ3n) is 9.65. The number of hydrogen-bond acceptors (Lipinski definition) is 3. The van der Waals surface area contributed by atoms with Gasteiger partial charge in [0.25, 0.3) is 0 Å². The van der Waals surface area contributed by atoms with Crippen molar-refractivity contribution in [2.45, 2.75) is 6.54 Å². The van der Waals surface area contributed by atoms with Crippen molar-refractivity contribution in [3.63, 3.8) is 0 Å². The molecule has 9 rings (SSSR count). The van der Waals surface area contributed by atoms with E-state index in [1.165, 1.54) is 11.1 Å². The maximum atomic E-state index is 5.15. The first kappa shape index (κ1) is 31.1. The van der Waals surface area contributed by atoms with Gasteiger partial charge in [-0.1, -0.05) is 182 Å². The van der Waals surface area contributed by atoms with Gasteiger partial charge in [0, 0.05) is 16.7 Å². The Morgan fingerprint density at radius 3 is 1.08 bits per heavy atom. The van der Waals surface area contributed by atoms with Crippen LogP contribution in [0.5, 0.6) is 0 Å². The molecular formula is C48H34N4. The molecule has 0 saturated carbocycles. The minimum absolute atomic E-state index is 0.655. The number of rotatable bonds is 8. The van der Waals surface area contributed by atoms with Crippen LogP contribution in [0.2, 0.25) is 0 Å². The Balaban J connectivity index is 1.51. The van der Waals surface area contributed by atoms with Crippen molar-refractivity contribution in [2.75, 3.05) is 0 Å². The van der Waals surface area contributed by atoms with Crippen molar-refractivity contribution in [3.8, 4) is 66.9 Å². The fourth-order valence-corrected chi connectivity index (χ4v) is 7.41. The summed E-state index contributed by atoms with van der Waals surface area (Å²) < 4.78 is 2.12. The number of hydrogen-bond donors (Lipinski definition) is 0. The molecule has 246 valence electrons. The Labute approximate surface area is 303 Å². The lowest BCUT2D eigenvalue weighted by atomic mass is 9.75. The van der Waals surface area contributed by atoms with Crippen LogP contribution in [-0.4, -0.2) is 19.5 Å². The smallest absolute Gasteiger partial charge is 0.164 e. The van der Waals surface area contributed by atoms with E-state index in [1.54, 1.807) is 6.33 Å². The molecule has 0 fully saturated rings. The fraction of sp³-hybridized carbons (Fsp3) is 0.0208. The normalized spacial score (nSPS) is 11.2. The summed E-state index contributed by atoms with van der Waals surface area (Å²) in [5.74, 6) is 0. The predicted octanol–water partition coefficient (Wildman–Crippen LogP) is 11.9. The molecule has 7 aromatic carbocycles. The number of nitrogens with zero attached hydrogens (tertiary/aromatic N) is 4. The Bertz CT molecular complexity index is 2500. The molecule has 0 N–H and O–H groups in total. The highest BCUT2D eigenvalue weighted by Crippen LogP contribution is 2.56. The Morgan fingerprint density at radius 2 is 0.692 bits per heavy atom. The molecule has 0 aliphatic carbocycles. The fourth-order valence-electron chi connectivity index (χ4n) is 7.41. The quantitative estimate of drug-likeness (QED) is 0.162. The highest BCUT2D eigenvalue weighted by atomic mass is 15.1. The zero-order valence-electron chi connectivity index (χ0n) is 28.5. The summed E-state index contributed by atoms with van der Waals surface area (Å²) in [6.45, 7) is 0.655. The second-order valence-electron chi connectivity index (χ2n) is 12.8. The summed E-state index contributed by atoms with van der Waals surface area (Å²) in [7, 11) is 0. The van der Waals surface area contributed by atoms with Crippen LogP contribution in [0.1, 0.15) is 5.56 Å². The van der Waals surface area contributed by atoms with Gasteiger partial charge in [0.1, 0.15) is 17.5 Å². The summed E-state index contributed by atoms with van der Waals surface area (Å²) >= 11 is 0. The molecule has 0 atom stereocenters. The summed E-state index contributed by atoms with van der Waals surface area (Å²) in [6, 6.07) is 64.3. The van der Waals surface area contributed by atoms with Gasteiger partial charge in [0.05, 0.1) is 12.9 Å². The molecule has 0 aliphatic heterocycles. The van der Waals surface area contributed by atoms with Gasteiger partial charge in [-0.3, -0.25) is 0 Å². The van der Waals surface area contributed by atoms with E-state index in [-0.39, 0.29) is 0 Å². The molecule has 0 saturated heterocycles. The van der Waals surface area contributed by atoms with Crippen molar-refractivity contribution in [3.05, 3.63) is 200 Å². The number of imidazole rings is 1. The largest absolute Gasteiger partial charge is 0.311 e. The summed E-state index contributed by atoms with van der Waals surface area (Å²) in [4.78, 5) is 15.1. The van der Waals surface area contributed by atoms with Gasteiger partial charge in [-0.25, -0.2) is 15.0 Å². The average Bonchev–Trinajstić information content (AvgIpc) is 3.64. The average molecular weight is 667 g/mol. The second-order valence-corrected chi connectivity index (χ2v) is 12.8. The van der Waals surface area contributed by atoms with E-state index >= 15 is 0 Å². The van der Waals surface area contributed by atoms with Crippen molar-refractivity contribution in [1.29, 1.82) is 0 Å². The van der Waals surface area contributed by atoms with Crippen LogP contribution in [0.3, 0.4) is 0 Å². The monoisotopic (exact) mass is 666 g/mol. The Hall–Kier alpha value is -6.91. The lowest BCUT2D eigenvalue weighted by Gasteiger charge is -2.28. The first-order valence-electron chi connectivity index (χ1n) is 17.6. The number of aromatic nitrogens is 4. The van der Waals surface area contributed by atoms with Crippen LogP contribution in [0, 0.1) is 0 Å². The van der Waals surface area contributed by atoms with Crippen LogP contribution in [0.4, 0.5) is 0 Å². The maximum absolute atomic E-state index is 5.15. The molecule has 0 bridgehead atoms. The van der Waals surface area contributed by atoms with E-state index in [1.807, 2.05) is 12.4 Å². The minimum Gasteiger partial charge on any atom is -0.311 e. The molecule has 0 aliphatic rings. The molecule has 52 heavy (non-hydrogen) atoms. The number of benzene rings is 7. The van der Waals surface area contributed by atoms with Crippen LogP contribution in [0.15, 0.2) is 195 Å². The van der Waals surface area contributed by atoms with E-state index in [2.05, 4.69) is 180 Å². The summed E-state index contributed by atoms with van der Waals surface area (Å²) in [6.07, 6.45) is 3.59. The van der Waals surface area contributed by atoms with Gasteiger partial charge >= 0.3 is 0 Å². The van der Waals surface area contributed by atoms with Crippen LogP contribution in [-0.2, 0) is 6.54 Å². The van der Waals surface area contributed by atoms with Crippen molar-refractivity contribution in [2.24, 2.45) is 0 Å². The van der Waals surface area contributed by atoms with E-state index < -0.39 is 0 Å². The van der Waals surface area contributed by atoms with E-state index in [9.17, 15) is 0 Å². The molecular weight excluding hydrogens is 633 g/mol. The van der Waals surface area contributed by atoms with Gasteiger partial charge in [-0.15, -0.1) is 0 Å². The lowest BCUT2D eigenvalue weighted by molar-refractivity contribution is 0.813. The standard InChI is InChI=1S/C48H34N4/c1-7-19-34(20-8-1)31-52-33-51-47-46(49-32-50-48(47)52)45-43(38-27-15-5-16-28-38)41(36-23-11-3-12-24-36)40(35-21-9-2-10-22-35)42(37-25-13-4-14-26-37)44(45)39-29-17-6-18-30-39/h1-30,32-33H,31H2. The molecule has 9 aromatic rings. The number of fused-ring (bicyclic) bond motifs is 1. The van der Waals surface area contributed by atoms with Gasteiger partial charge in [-0.2, -0.15) is 0 Å². The van der Waals surface area contributed by atoms with Crippen LogP contribution < -0.4 is 0 Å². The van der Waals surface area contributed by atoms with E-state index in [0.717, 1.165) is 72.5 Å². The molecule has 4 nitrogen and oxygen atoms in total. The van der Waals surface area contributed by atoms with Crippen molar-refractivity contribution < 1.29 is 0 Å². The van der Waals surface area contributed by atoms with Gasteiger partial charge in [0.15, 0.2) is 5.65 Å². The highest BCUT2D eigenvalue weighted by Gasteiger charge is 2.30. The van der Waals surface area contributed by atoms with Gasteiger partial charge in [0.2, 0.25) is 0 Å².